The molecule has 1 aromatic carbocycles. The first-order chi connectivity index (χ1) is 7.24. The fourth-order valence-electron chi connectivity index (χ4n) is 1.50. The van der Waals surface area contributed by atoms with Crippen molar-refractivity contribution in [2.45, 2.75) is 32.6 Å². The monoisotopic (exact) mass is 205 g/mol. The number of benzene rings is 1. The highest BCUT2D eigenvalue weighted by Gasteiger charge is 2.04. The van der Waals surface area contributed by atoms with Crippen molar-refractivity contribution in [2.24, 2.45) is 0 Å². The van der Waals surface area contributed by atoms with Crippen LogP contribution in [0.1, 0.15) is 38.2 Å². The van der Waals surface area contributed by atoms with Crippen molar-refractivity contribution in [3.63, 3.8) is 0 Å². The molecule has 0 aliphatic rings. The third-order valence-corrected chi connectivity index (χ3v) is 2.59. The molecule has 1 aromatic rings. The van der Waals surface area contributed by atoms with Crippen LogP contribution in [-0.4, -0.2) is 12.5 Å². The topological polar surface area (TPSA) is 29.1 Å². The van der Waals surface area contributed by atoms with Gasteiger partial charge in [0, 0.05) is 13.0 Å². The summed E-state index contributed by atoms with van der Waals surface area (Å²) >= 11 is 0. The molecule has 82 valence electrons. The molecule has 0 saturated heterocycles. The fraction of sp³-hybridized carbons (Fsp3) is 0.462. The molecule has 0 spiro atoms. The largest absolute Gasteiger partial charge is 0.356 e. The summed E-state index contributed by atoms with van der Waals surface area (Å²) in [4.78, 5) is 11.0. The van der Waals surface area contributed by atoms with Gasteiger partial charge in [-0.05, 0) is 17.9 Å². The van der Waals surface area contributed by atoms with E-state index in [4.69, 9.17) is 0 Å². The lowest BCUT2D eigenvalue weighted by molar-refractivity contribution is -0.120. The first-order valence-corrected chi connectivity index (χ1v) is 5.55. The van der Waals surface area contributed by atoms with E-state index in [0.29, 0.717) is 12.3 Å². The maximum Gasteiger partial charge on any atom is 0.219 e. The summed E-state index contributed by atoms with van der Waals surface area (Å²) < 4.78 is 0. The molecule has 1 unspecified atom stereocenters. The molecule has 0 heterocycles. The lowest BCUT2D eigenvalue weighted by atomic mass is 9.98. The van der Waals surface area contributed by atoms with Gasteiger partial charge in [0.15, 0.2) is 0 Å². The third kappa shape index (κ3) is 4.15. The molecule has 1 amide bonds. The second-order valence-electron chi connectivity index (χ2n) is 3.80. The summed E-state index contributed by atoms with van der Waals surface area (Å²) in [6, 6.07) is 10.4. The van der Waals surface area contributed by atoms with Gasteiger partial charge in [0.05, 0.1) is 0 Å². The minimum Gasteiger partial charge on any atom is -0.356 e. The molecule has 1 N–H and O–H groups in total. The van der Waals surface area contributed by atoms with E-state index in [-0.39, 0.29) is 5.91 Å². The SMILES string of the molecule is CCC(=O)NCCC(C)c1ccccc1. The molecule has 1 atom stereocenters. The number of carbonyl (C=O) groups is 1. The summed E-state index contributed by atoms with van der Waals surface area (Å²) in [5, 5.41) is 2.89. The van der Waals surface area contributed by atoms with Crippen LogP contribution >= 0.6 is 0 Å². The molecule has 0 fully saturated rings. The van der Waals surface area contributed by atoms with Gasteiger partial charge in [-0.15, -0.1) is 0 Å². The lowest BCUT2D eigenvalue weighted by Gasteiger charge is -2.11. The first-order valence-electron chi connectivity index (χ1n) is 5.55. The Hall–Kier alpha value is -1.31. The number of hydrogen-bond acceptors (Lipinski definition) is 1. The van der Waals surface area contributed by atoms with Crippen LogP contribution in [-0.2, 0) is 4.79 Å². The van der Waals surface area contributed by atoms with Gasteiger partial charge >= 0.3 is 0 Å². The van der Waals surface area contributed by atoms with E-state index in [9.17, 15) is 4.79 Å². The van der Waals surface area contributed by atoms with Crippen LogP contribution in [0.2, 0.25) is 0 Å². The highest BCUT2D eigenvalue weighted by Crippen LogP contribution is 2.17. The number of carbonyl (C=O) groups excluding carboxylic acids is 1. The smallest absolute Gasteiger partial charge is 0.219 e. The van der Waals surface area contributed by atoms with Crippen LogP contribution in [0.5, 0.6) is 0 Å². The Labute approximate surface area is 91.7 Å². The Kier molecular flexibility index (Phi) is 4.88. The van der Waals surface area contributed by atoms with Gasteiger partial charge in [-0.3, -0.25) is 4.79 Å². The van der Waals surface area contributed by atoms with Crippen LogP contribution in [0.4, 0.5) is 0 Å². The third-order valence-electron chi connectivity index (χ3n) is 2.59. The molecule has 0 aliphatic carbocycles. The number of rotatable bonds is 5. The Balaban J connectivity index is 2.31. The molecule has 2 nitrogen and oxygen atoms in total. The van der Waals surface area contributed by atoms with Crippen molar-refractivity contribution in [3.8, 4) is 0 Å². The van der Waals surface area contributed by atoms with Gasteiger partial charge in [0.1, 0.15) is 0 Å². The van der Waals surface area contributed by atoms with E-state index in [1.54, 1.807) is 0 Å². The van der Waals surface area contributed by atoms with E-state index in [0.717, 1.165) is 13.0 Å². The molecule has 0 bridgehead atoms. The van der Waals surface area contributed by atoms with Crippen molar-refractivity contribution >= 4 is 5.91 Å². The van der Waals surface area contributed by atoms with Crippen LogP contribution in [0.3, 0.4) is 0 Å². The fourth-order valence-corrected chi connectivity index (χ4v) is 1.50. The Bertz CT molecular complexity index is 295. The number of amides is 1. The zero-order valence-electron chi connectivity index (χ0n) is 9.49. The molecule has 0 radical (unpaired) electrons. The molecule has 0 aliphatic heterocycles. The van der Waals surface area contributed by atoms with Gasteiger partial charge in [-0.25, -0.2) is 0 Å². The minimum absolute atomic E-state index is 0.135. The highest BCUT2D eigenvalue weighted by molar-refractivity contribution is 5.75. The average molecular weight is 205 g/mol. The average Bonchev–Trinajstić information content (AvgIpc) is 2.29. The molecular weight excluding hydrogens is 186 g/mol. The van der Waals surface area contributed by atoms with Crippen molar-refractivity contribution < 1.29 is 4.79 Å². The van der Waals surface area contributed by atoms with Gasteiger partial charge in [-0.2, -0.15) is 0 Å². The molecule has 1 rings (SSSR count). The second-order valence-corrected chi connectivity index (χ2v) is 3.80. The van der Waals surface area contributed by atoms with Crippen LogP contribution in [0.25, 0.3) is 0 Å². The normalized spacial score (nSPS) is 12.1. The maximum absolute atomic E-state index is 11.0. The van der Waals surface area contributed by atoms with Crippen LogP contribution in [0.15, 0.2) is 30.3 Å². The maximum atomic E-state index is 11.0. The Morgan fingerprint density at radius 3 is 2.60 bits per heavy atom. The Morgan fingerprint density at radius 2 is 2.00 bits per heavy atom. The van der Waals surface area contributed by atoms with E-state index < -0.39 is 0 Å². The standard InChI is InChI=1S/C13H19NO/c1-3-13(15)14-10-9-11(2)12-7-5-4-6-8-12/h4-8,11H,3,9-10H2,1-2H3,(H,14,15). The van der Waals surface area contributed by atoms with E-state index in [2.05, 4.69) is 36.5 Å². The predicted molar refractivity (Wildman–Crippen MR) is 62.8 cm³/mol. The van der Waals surface area contributed by atoms with Crippen molar-refractivity contribution in [3.05, 3.63) is 35.9 Å². The molecule has 2 heteroatoms. The van der Waals surface area contributed by atoms with Crippen LogP contribution in [0, 0.1) is 0 Å². The zero-order valence-corrected chi connectivity index (χ0v) is 9.49. The summed E-state index contributed by atoms with van der Waals surface area (Å²) in [5.74, 6) is 0.638. The molecule has 15 heavy (non-hydrogen) atoms. The van der Waals surface area contributed by atoms with Gasteiger partial charge < -0.3 is 5.32 Å². The van der Waals surface area contributed by atoms with Crippen LogP contribution < -0.4 is 5.32 Å². The van der Waals surface area contributed by atoms with Crippen molar-refractivity contribution in [1.29, 1.82) is 0 Å². The Morgan fingerprint density at radius 1 is 1.33 bits per heavy atom. The van der Waals surface area contributed by atoms with Gasteiger partial charge in [0.25, 0.3) is 0 Å². The summed E-state index contributed by atoms with van der Waals surface area (Å²) in [6.45, 7) is 4.83. The highest BCUT2D eigenvalue weighted by atomic mass is 16.1. The van der Waals surface area contributed by atoms with Gasteiger partial charge in [0.2, 0.25) is 5.91 Å². The van der Waals surface area contributed by atoms with E-state index in [1.807, 2.05) is 13.0 Å². The summed E-state index contributed by atoms with van der Waals surface area (Å²) in [5.41, 5.74) is 1.34. The lowest BCUT2D eigenvalue weighted by Crippen LogP contribution is -2.24. The summed E-state index contributed by atoms with van der Waals surface area (Å²) in [6.07, 6.45) is 1.56. The number of nitrogens with one attached hydrogen (secondary N) is 1. The van der Waals surface area contributed by atoms with E-state index in [1.165, 1.54) is 5.56 Å². The zero-order chi connectivity index (χ0) is 11.1. The van der Waals surface area contributed by atoms with Crippen molar-refractivity contribution in [2.75, 3.05) is 6.54 Å². The van der Waals surface area contributed by atoms with Crippen molar-refractivity contribution in [1.82, 2.24) is 5.32 Å². The minimum atomic E-state index is 0.135. The quantitative estimate of drug-likeness (QED) is 0.786. The predicted octanol–water partition coefficient (Wildman–Crippen LogP) is 2.71. The van der Waals surface area contributed by atoms with E-state index >= 15 is 0 Å². The first kappa shape index (κ1) is 11.8. The second kappa shape index (κ2) is 6.23. The van der Waals surface area contributed by atoms with Gasteiger partial charge in [-0.1, -0.05) is 44.2 Å². The summed E-state index contributed by atoms with van der Waals surface area (Å²) in [7, 11) is 0. The number of hydrogen-bond donors (Lipinski definition) is 1. The molecule has 0 saturated carbocycles. The molecule has 0 aromatic heterocycles. The molecular formula is C13H19NO.